The van der Waals surface area contributed by atoms with Gasteiger partial charge in [-0.3, -0.25) is 4.79 Å². The summed E-state index contributed by atoms with van der Waals surface area (Å²) in [6, 6.07) is 13.3. The van der Waals surface area contributed by atoms with Crippen LogP contribution in [-0.2, 0) is 19.5 Å². The third kappa shape index (κ3) is 1.58. The Balaban J connectivity index is 0.000000963. The first kappa shape index (κ1) is 11.0. The molecular formula is C13H9NOZn+2. The van der Waals surface area contributed by atoms with Crippen LogP contribution in [0.4, 0.5) is 0 Å². The van der Waals surface area contributed by atoms with E-state index in [9.17, 15) is 4.79 Å². The van der Waals surface area contributed by atoms with Crippen molar-refractivity contribution in [1.29, 1.82) is 0 Å². The molecular weight excluding hydrogens is 252 g/mol. The Kier molecular flexibility index (Phi) is 2.89. The summed E-state index contributed by atoms with van der Waals surface area (Å²) in [7, 11) is 0. The molecule has 0 unspecified atom stereocenters. The predicted molar refractivity (Wildman–Crippen MR) is 62.1 cm³/mol. The molecule has 0 aliphatic carbocycles. The second-order valence-corrected chi connectivity index (χ2v) is 3.55. The van der Waals surface area contributed by atoms with Gasteiger partial charge in [0.25, 0.3) is 0 Å². The van der Waals surface area contributed by atoms with Crippen molar-refractivity contribution in [1.82, 2.24) is 4.98 Å². The topological polar surface area (TPSA) is 32.9 Å². The molecule has 0 atom stereocenters. The molecule has 2 nitrogen and oxygen atoms in total. The Bertz CT molecular complexity index is 703. The Morgan fingerprint density at radius 2 is 1.62 bits per heavy atom. The van der Waals surface area contributed by atoms with E-state index in [1.54, 1.807) is 12.1 Å². The third-order valence-corrected chi connectivity index (χ3v) is 2.64. The number of hydrogen-bond acceptors (Lipinski definition) is 1. The number of hydrogen-bond donors (Lipinski definition) is 1. The summed E-state index contributed by atoms with van der Waals surface area (Å²) < 4.78 is 0. The van der Waals surface area contributed by atoms with E-state index in [4.69, 9.17) is 0 Å². The van der Waals surface area contributed by atoms with E-state index in [-0.39, 0.29) is 24.9 Å². The van der Waals surface area contributed by atoms with E-state index >= 15 is 0 Å². The van der Waals surface area contributed by atoms with Gasteiger partial charge in [-0.05, 0) is 22.9 Å². The van der Waals surface area contributed by atoms with E-state index in [1.807, 2.05) is 36.5 Å². The fourth-order valence-electron chi connectivity index (χ4n) is 1.94. The van der Waals surface area contributed by atoms with Crippen LogP contribution in [0, 0.1) is 0 Å². The quantitative estimate of drug-likeness (QED) is 0.489. The molecule has 0 bridgehead atoms. The smallest absolute Gasteiger partial charge is 0.361 e. The summed E-state index contributed by atoms with van der Waals surface area (Å²) in [6.45, 7) is 0. The van der Waals surface area contributed by atoms with Crippen LogP contribution in [0.2, 0.25) is 0 Å². The standard InChI is InChI=1S/C13H9NO.Zn/c15-11-5-1-3-9-6-7-10-4-2-8-14-13(10)12(9)11;/h1-8,14H;/q;+2. The number of benzene rings is 2. The van der Waals surface area contributed by atoms with Crippen molar-refractivity contribution in [3.63, 3.8) is 0 Å². The number of rotatable bonds is 0. The van der Waals surface area contributed by atoms with E-state index in [0.717, 1.165) is 21.7 Å². The van der Waals surface area contributed by atoms with Gasteiger partial charge < -0.3 is 4.98 Å². The predicted octanol–water partition coefficient (Wildman–Crippen LogP) is 2.68. The molecule has 16 heavy (non-hydrogen) atoms. The fourth-order valence-corrected chi connectivity index (χ4v) is 1.94. The summed E-state index contributed by atoms with van der Waals surface area (Å²) in [4.78, 5) is 14.9. The molecule has 1 heterocycles. The number of fused-ring (bicyclic) bond motifs is 3. The molecule has 0 radical (unpaired) electrons. The van der Waals surface area contributed by atoms with Gasteiger partial charge >= 0.3 is 19.5 Å². The first-order valence-corrected chi connectivity index (χ1v) is 4.85. The number of H-pyrrole nitrogens is 1. The molecule has 3 aromatic rings. The first-order valence-electron chi connectivity index (χ1n) is 4.85. The maximum Gasteiger partial charge on any atom is 2.00 e. The molecule has 3 rings (SSSR count). The van der Waals surface area contributed by atoms with Crippen LogP contribution in [0.25, 0.3) is 21.7 Å². The zero-order valence-corrected chi connectivity index (χ0v) is 11.7. The zero-order valence-electron chi connectivity index (χ0n) is 8.73. The molecule has 1 aromatic heterocycles. The first-order chi connectivity index (χ1) is 7.36. The average Bonchev–Trinajstić information content (AvgIpc) is 2.29. The van der Waals surface area contributed by atoms with Crippen molar-refractivity contribution < 1.29 is 19.5 Å². The van der Waals surface area contributed by atoms with Gasteiger partial charge in [0.05, 0.1) is 10.9 Å². The third-order valence-electron chi connectivity index (χ3n) is 2.64. The Morgan fingerprint density at radius 1 is 0.875 bits per heavy atom. The number of aromatic amines is 1. The Morgan fingerprint density at radius 3 is 2.50 bits per heavy atom. The zero-order chi connectivity index (χ0) is 10.3. The molecule has 0 aliphatic rings. The van der Waals surface area contributed by atoms with Gasteiger partial charge in [0, 0.05) is 6.20 Å². The molecule has 0 spiro atoms. The van der Waals surface area contributed by atoms with Gasteiger partial charge in [-0.15, -0.1) is 0 Å². The van der Waals surface area contributed by atoms with Crippen LogP contribution >= 0.6 is 0 Å². The SMILES string of the molecule is O=c1cccc2ccc3ccc[nH]c3c12.[Zn+2]. The van der Waals surface area contributed by atoms with Gasteiger partial charge in [-0.2, -0.15) is 0 Å². The maximum atomic E-state index is 11.8. The van der Waals surface area contributed by atoms with Crippen molar-refractivity contribution in [2.75, 3.05) is 0 Å². The van der Waals surface area contributed by atoms with Gasteiger partial charge in [0.2, 0.25) is 0 Å². The van der Waals surface area contributed by atoms with Crippen molar-refractivity contribution in [2.45, 2.75) is 0 Å². The van der Waals surface area contributed by atoms with Crippen molar-refractivity contribution in [3.8, 4) is 0 Å². The second-order valence-electron chi connectivity index (χ2n) is 3.55. The van der Waals surface area contributed by atoms with Crippen molar-refractivity contribution in [3.05, 3.63) is 58.9 Å². The molecule has 72 valence electrons. The van der Waals surface area contributed by atoms with Crippen molar-refractivity contribution >= 4 is 21.7 Å². The van der Waals surface area contributed by atoms with E-state index in [0.29, 0.717) is 0 Å². The van der Waals surface area contributed by atoms with Gasteiger partial charge in [-0.25, -0.2) is 0 Å². The molecule has 3 heteroatoms. The van der Waals surface area contributed by atoms with Crippen LogP contribution in [0.5, 0.6) is 0 Å². The molecule has 2 aromatic carbocycles. The molecule has 0 aliphatic heterocycles. The van der Waals surface area contributed by atoms with Gasteiger partial charge in [0.1, 0.15) is 0 Å². The van der Waals surface area contributed by atoms with Crippen LogP contribution < -0.4 is 5.43 Å². The minimum Gasteiger partial charge on any atom is -0.361 e. The monoisotopic (exact) mass is 259 g/mol. The van der Waals surface area contributed by atoms with Crippen LogP contribution in [-0.4, -0.2) is 4.98 Å². The Hall–Kier alpha value is -1.47. The summed E-state index contributed by atoms with van der Waals surface area (Å²) in [5, 5.41) is 2.82. The second kappa shape index (κ2) is 4.19. The molecule has 0 saturated carbocycles. The normalized spacial score (nSPS) is 10.2. The van der Waals surface area contributed by atoms with Crippen LogP contribution in [0.1, 0.15) is 0 Å². The summed E-state index contributed by atoms with van der Waals surface area (Å²) in [5.74, 6) is 0. The van der Waals surface area contributed by atoms with Crippen LogP contribution in [0.3, 0.4) is 0 Å². The van der Waals surface area contributed by atoms with Crippen LogP contribution in [0.15, 0.2) is 53.5 Å². The van der Waals surface area contributed by atoms with Crippen molar-refractivity contribution in [2.24, 2.45) is 0 Å². The fraction of sp³-hybridized carbons (Fsp3) is 0. The summed E-state index contributed by atoms with van der Waals surface area (Å²) in [6.07, 6.45) is 1.84. The maximum absolute atomic E-state index is 11.8. The van der Waals surface area contributed by atoms with E-state index < -0.39 is 0 Å². The minimum absolute atomic E-state index is 0. The molecule has 1 N–H and O–H groups in total. The summed E-state index contributed by atoms with van der Waals surface area (Å²) in [5.41, 5.74) is 0.987. The van der Waals surface area contributed by atoms with Gasteiger partial charge in [0.15, 0.2) is 5.43 Å². The number of aromatic nitrogens is 1. The average molecular weight is 261 g/mol. The summed E-state index contributed by atoms with van der Waals surface area (Å²) >= 11 is 0. The molecule has 0 amide bonds. The van der Waals surface area contributed by atoms with E-state index in [2.05, 4.69) is 4.98 Å². The number of nitrogens with one attached hydrogen (secondary N) is 1. The Labute approximate surface area is 105 Å². The van der Waals surface area contributed by atoms with E-state index in [1.165, 1.54) is 0 Å². The molecule has 0 fully saturated rings. The minimum atomic E-state index is 0. The van der Waals surface area contributed by atoms with Gasteiger partial charge in [-0.1, -0.05) is 30.3 Å². The number of pyridine rings is 1. The molecule has 0 saturated heterocycles. The largest absolute Gasteiger partial charge is 2.00 e.